The average molecular weight is 315 g/mol. The maximum atomic E-state index is 12.7. The summed E-state index contributed by atoms with van der Waals surface area (Å²) in [5, 5.41) is 20.4. The first-order valence-electron chi connectivity index (χ1n) is 6.54. The Labute approximate surface area is 122 Å². The van der Waals surface area contributed by atoms with Crippen LogP contribution in [-0.2, 0) is 10.0 Å². The van der Waals surface area contributed by atoms with Gasteiger partial charge >= 0.3 is 0 Å². The number of hydrogen-bond acceptors (Lipinski definition) is 6. The number of nitro groups is 1. The van der Waals surface area contributed by atoms with Crippen molar-refractivity contribution in [3.63, 3.8) is 0 Å². The Bertz CT molecular complexity index is 646. The maximum Gasteiger partial charge on any atom is 0.291 e. The van der Waals surface area contributed by atoms with Crippen LogP contribution < -0.4 is 5.73 Å². The topological polar surface area (TPSA) is 127 Å². The standard InChI is InChI=1S/C12H17N3O5S/c13-9-4-5-12(11(7-9)15(17)18)21(19,20)14-6-2-1-3-10(14)8-16/h4-5,7,10,16H,1-3,6,8,13H2. The van der Waals surface area contributed by atoms with E-state index in [1.54, 1.807) is 0 Å². The van der Waals surface area contributed by atoms with Crippen LogP contribution in [0.1, 0.15) is 19.3 Å². The van der Waals surface area contributed by atoms with E-state index in [1.807, 2.05) is 0 Å². The van der Waals surface area contributed by atoms with Crippen LogP contribution in [-0.4, -0.2) is 41.9 Å². The molecule has 1 unspecified atom stereocenters. The van der Waals surface area contributed by atoms with Gasteiger partial charge in [0.15, 0.2) is 4.90 Å². The Kier molecular flexibility index (Phi) is 4.45. The lowest BCUT2D eigenvalue weighted by Gasteiger charge is -2.33. The van der Waals surface area contributed by atoms with Crippen LogP contribution in [0.2, 0.25) is 0 Å². The molecule has 1 aromatic rings. The van der Waals surface area contributed by atoms with Gasteiger partial charge < -0.3 is 10.8 Å². The molecule has 1 fully saturated rings. The van der Waals surface area contributed by atoms with Crippen molar-refractivity contribution >= 4 is 21.4 Å². The molecule has 1 aromatic carbocycles. The SMILES string of the molecule is Nc1ccc(S(=O)(=O)N2CCCCC2CO)c([N+](=O)[O-])c1. The van der Waals surface area contributed by atoms with E-state index in [-0.39, 0.29) is 23.7 Å². The Morgan fingerprint density at radius 2 is 2.14 bits per heavy atom. The van der Waals surface area contributed by atoms with Gasteiger partial charge in [-0.2, -0.15) is 4.31 Å². The van der Waals surface area contributed by atoms with Crippen LogP contribution in [0, 0.1) is 10.1 Å². The van der Waals surface area contributed by atoms with Crippen LogP contribution in [0.4, 0.5) is 11.4 Å². The molecule has 2 rings (SSSR count). The van der Waals surface area contributed by atoms with E-state index in [0.717, 1.165) is 22.9 Å². The van der Waals surface area contributed by atoms with Gasteiger partial charge in [-0.1, -0.05) is 6.42 Å². The van der Waals surface area contributed by atoms with Gasteiger partial charge in [0.05, 0.1) is 11.5 Å². The molecule has 0 saturated carbocycles. The van der Waals surface area contributed by atoms with Gasteiger partial charge in [-0.25, -0.2) is 8.42 Å². The quantitative estimate of drug-likeness (QED) is 0.478. The third kappa shape index (κ3) is 2.99. The second-order valence-electron chi connectivity index (χ2n) is 4.93. The highest BCUT2D eigenvalue weighted by atomic mass is 32.2. The lowest BCUT2D eigenvalue weighted by atomic mass is 10.1. The van der Waals surface area contributed by atoms with Crippen LogP contribution in [0.5, 0.6) is 0 Å². The Morgan fingerprint density at radius 1 is 1.43 bits per heavy atom. The van der Waals surface area contributed by atoms with Gasteiger partial charge in [-0.15, -0.1) is 0 Å². The average Bonchev–Trinajstić information content (AvgIpc) is 2.46. The summed E-state index contributed by atoms with van der Waals surface area (Å²) in [6, 6.07) is 2.95. The third-order valence-electron chi connectivity index (χ3n) is 3.55. The highest BCUT2D eigenvalue weighted by Crippen LogP contribution is 2.31. The molecule has 9 heteroatoms. The van der Waals surface area contributed by atoms with Crippen molar-refractivity contribution in [3.05, 3.63) is 28.3 Å². The molecule has 1 saturated heterocycles. The van der Waals surface area contributed by atoms with Gasteiger partial charge in [0.1, 0.15) is 0 Å². The van der Waals surface area contributed by atoms with Crippen molar-refractivity contribution in [2.45, 2.75) is 30.2 Å². The van der Waals surface area contributed by atoms with E-state index < -0.39 is 26.7 Å². The monoisotopic (exact) mass is 315 g/mol. The third-order valence-corrected chi connectivity index (χ3v) is 5.55. The molecule has 0 bridgehead atoms. The lowest BCUT2D eigenvalue weighted by Crippen LogP contribution is -2.45. The fourth-order valence-electron chi connectivity index (χ4n) is 2.49. The van der Waals surface area contributed by atoms with Crippen molar-refractivity contribution in [2.75, 3.05) is 18.9 Å². The first kappa shape index (κ1) is 15.7. The Hall–Kier alpha value is -1.71. The summed E-state index contributed by atoms with van der Waals surface area (Å²) in [5.74, 6) is 0. The number of nitrogens with two attached hydrogens (primary N) is 1. The molecule has 0 amide bonds. The van der Waals surface area contributed by atoms with Crippen molar-refractivity contribution < 1.29 is 18.4 Å². The number of nitrogens with zero attached hydrogens (tertiary/aromatic N) is 2. The fourth-order valence-corrected chi connectivity index (χ4v) is 4.32. The summed E-state index contributed by atoms with van der Waals surface area (Å²) >= 11 is 0. The van der Waals surface area contributed by atoms with Gasteiger partial charge in [0.2, 0.25) is 10.0 Å². The van der Waals surface area contributed by atoms with Crippen LogP contribution >= 0.6 is 0 Å². The van der Waals surface area contributed by atoms with Crippen LogP contribution in [0.15, 0.2) is 23.1 Å². The number of anilines is 1. The first-order valence-corrected chi connectivity index (χ1v) is 7.98. The number of aliphatic hydroxyl groups is 1. The minimum absolute atomic E-state index is 0.123. The molecule has 21 heavy (non-hydrogen) atoms. The molecule has 8 nitrogen and oxygen atoms in total. The van der Waals surface area contributed by atoms with Gasteiger partial charge in [-0.05, 0) is 25.0 Å². The molecule has 0 aliphatic carbocycles. The number of nitro benzene ring substituents is 1. The zero-order valence-electron chi connectivity index (χ0n) is 11.3. The van der Waals surface area contributed by atoms with E-state index in [9.17, 15) is 23.6 Å². The van der Waals surface area contributed by atoms with Crippen LogP contribution in [0.3, 0.4) is 0 Å². The smallest absolute Gasteiger partial charge is 0.291 e. The normalized spacial score (nSPS) is 20.3. The fraction of sp³-hybridized carbons (Fsp3) is 0.500. The molecule has 1 aliphatic rings. The summed E-state index contributed by atoms with van der Waals surface area (Å²) in [5.41, 5.74) is 5.07. The molecule has 0 spiro atoms. The van der Waals surface area contributed by atoms with E-state index in [1.165, 1.54) is 6.07 Å². The molecule has 3 N–H and O–H groups in total. The van der Waals surface area contributed by atoms with Crippen molar-refractivity contribution in [2.24, 2.45) is 0 Å². The summed E-state index contributed by atoms with van der Waals surface area (Å²) in [7, 11) is -4.04. The number of piperidine rings is 1. The van der Waals surface area contributed by atoms with Gasteiger partial charge in [0, 0.05) is 24.3 Å². The molecule has 116 valence electrons. The van der Waals surface area contributed by atoms with E-state index in [0.29, 0.717) is 12.8 Å². The minimum atomic E-state index is -4.04. The van der Waals surface area contributed by atoms with Crippen molar-refractivity contribution in [3.8, 4) is 0 Å². The lowest BCUT2D eigenvalue weighted by molar-refractivity contribution is -0.387. The van der Waals surface area contributed by atoms with E-state index >= 15 is 0 Å². The van der Waals surface area contributed by atoms with E-state index in [2.05, 4.69) is 0 Å². The number of rotatable bonds is 4. The molecule has 0 radical (unpaired) electrons. The Balaban J connectivity index is 2.51. The molecular weight excluding hydrogens is 298 g/mol. The summed E-state index contributed by atoms with van der Waals surface area (Å²) in [4.78, 5) is 9.92. The number of nitrogen functional groups attached to an aromatic ring is 1. The van der Waals surface area contributed by atoms with Crippen LogP contribution in [0.25, 0.3) is 0 Å². The zero-order valence-corrected chi connectivity index (χ0v) is 12.1. The molecule has 1 aliphatic heterocycles. The summed E-state index contributed by atoms with van der Waals surface area (Å²) in [6.07, 6.45) is 2.03. The maximum absolute atomic E-state index is 12.7. The molecule has 0 aromatic heterocycles. The molecular formula is C12H17N3O5S. The largest absolute Gasteiger partial charge is 0.399 e. The summed E-state index contributed by atoms with van der Waals surface area (Å²) in [6.45, 7) is -0.0584. The number of hydrogen-bond donors (Lipinski definition) is 2. The highest BCUT2D eigenvalue weighted by Gasteiger charge is 2.37. The predicted molar refractivity (Wildman–Crippen MR) is 76.1 cm³/mol. The summed E-state index contributed by atoms with van der Waals surface area (Å²) < 4.78 is 26.5. The van der Waals surface area contributed by atoms with Gasteiger partial charge in [0.25, 0.3) is 5.69 Å². The number of aliphatic hydroxyl groups excluding tert-OH is 1. The second kappa shape index (κ2) is 5.96. The number of benzene rings is 1. The predicted octanol–water partition coefficient (Wildman–Crippen LogP) is 0.713. The van der Waals surface area contributed by atoms with Crippen molar-refractivity contribution in [1.29, 1.82) is 0 Å². The van der Waals surface area contributed by atoms with E-state index in [4.69, 9.17) is 5.73 Å². The minimum Gasteiger partial charge on any atom is -0.399 e. The second-order valence-corrected chi connectivity index (χ2v) is 6.79. The highest BCUT2D eigenvalue weighted by molar-refractivity contribution is 7.89. The molecule has 1 atom stereocenters. The van der Waals surface area contributed by atoms with Gasteiger partial charge in [-0.3, -0.25) is 10.1 Å². The van der Waals surface area contributed by atoms with Crippen molar-refractivity contribution in [1.82, 2.24) is 4.31 Å². The molecule has 1 heterocycles. The zero-order chi connectivity index (χ0) is 15.6. The Morgan fingerprint density at radius 3 is 2.76 bits per heavy atom. The number of sulfonamides is 1. The first-order chi connectivity index (χ1) is 9.87.